The van der Waals surface area contributed by atoms with Crippen molar-refractivity contribution in [3.05, 3.63) is 48.6 Å². The van der Waals surface area contributed by atoms with Crippen LogP contribution in [-0.4, -0.2) is 31.1 Å². The maximum absolute atomic E-state index is 11.5. The number of esters is 1. The van der Waals surface area contributed by atoms with Crippen LogP contribution >= 0.6 is 0 Å². The van der Waals surface area contributed by atoms with Crippen LogP contribution in [-0.2, 0) is 14.3 Å². The summed E-state index contributed by atoms with van der Waals surface area (Å²) in [5.41, 5.74) is 0.867. The maximum atomic E-state index is 11.5. The van der Waals surface area contributed by atoms with Gasteiger partial charge in [0, 0.05) is 5.56 Å². The van der Waals surface area contributed by atoms with Gasteiger partial charge in [-0.05, 0) is 12.1 Å². The summed E-state index contributed by atoms with van der Waals surface area (Å²) in [4.78, 5) is 15.7. The number of aliphatic imine (C=N–C) groups is 1. The molecule has 0 amide bonds. The van der Waals surface area contributed by atoms with Gasteiger partial charge in [0.1, 0.15) is 13.2 Å². The SMILES string of the molecule is C=CCOC(=O)C1COC(c2ccccc2)=N1. The lowest BCUT2D eigenvalue weighted by Gasteiger charge is -2.03. The molecule has 1 unspecified atom stereocenters. The first-order valence-corrected chi connectivity index (χ1v) is 5.35. The first kappa shape index (κ1) is 11.4. The van der Waals surface area contributed by atoms with Gasteiger partial charge in [0.15, 0.2) is 6.04 Å². The van der Waals surface area contributed by atoms with Crippen molar-refractivity contribution >= 4 is 11.9 Å². The van der Waals surface area contributed by atoms with E-state index in [1.165, 1.54) is 6.08 Å². The zero-order chi connectivity index (χ0) is 12.1. The molecular formula is C13H13NO3. The minimum Gasteiger partial charge on any atom is -0.475 e. The first-order chi connectivity index (χ1) is 8.31. The Morgan fingerprint density at radius 2 is 2.29 bits per heavy atom. The molecule has 17 heavy (non-hydrogen) atoms. The zero-order valence-electron chi connectivity index (χ0n) is 9.33. The maximum Gasteiger partial charge on any atom is 0.334 e. The molecule has 0 fully saturated rings. The van der Waals surface area contributed by atoms with Crippen LogP contribution in [0.2, 0.25) is 0 Å². The minimum atomic E-state index is -0.565. The fraction of sp³-hybridized carbons (Fsp3) is 0.231. The number of hydrogen-bond acceptors (Lipinski definition) is 4. The van der Waals surface area contributed by atoms with Gasteiger partial charge in [0.2, 0.25) is 5.90 Å². The average molecular weight is 231 g/mol. The molecule has 0 spiro atoms. The lowest BCUT2D eigenvalue weighted by Crippen LogP contribution is -2.22. The van der Waals surface area contributed by atoms with Gasteiger partial charge in [-0.2, -0.15) is 0 Å². The molecule has 0 aromatic heterocycles. The van der Waals surface area contributed by atoms with E-state index >= 15 is 0 Å². The summed E-state index contributed by atoms with van der Waals surface area (Å²) in [5, 5.41) is 0. The number of carbonyl (C=O) groups excluding carboxylic acids is 1. The third-order valence-electron chi connectivity index (χ3n) is 2.29. The van der Waals surface area contributed by atoms with Crippen LogP contribution in [0.15, 0.2) is 48.0 Å². The summed E-state index contributed by atoms with van der Waals surface area (Å²) in [5.74, 6) is 0.113. The van der Waals surface area contributed by atoms with E-state index in [1.807, 2.05) is 30.3 Å². The van der Waals surface area contributed by atoms with E-state index in [2.05, 4.69) is 11.6 Å². The molecule has 88 valence electrons. The van der Waals surface area contributed by atoms with Crippen molar-refractivity contribution in [2.24, 2.45) is 4.99 Å². The monoisotopic (exact) mass is 231 g/mol. The van der Waals surface area contributed by atoms with Gasteiger partial charge in [-0.3, -0.25) is 0 Å². The number of rotatable bonds is 4. The Bertz CT molecular complexity index is 439. The van der Waals surface area contributed by atoms with E-state index in [0.717, 1.165) is 5.56 Å². The van der Waals surface area contributed by atoms with Gasteiger partial charge in [0.25, 0.3) is 0 Å². The normalized spacial score (nSPS) is 18.1. The van der Waals surface area contributed by atoms with Gasteiger partial charge < -0.3 is 9.47 Å². The van der Waals surface area contributed by atoms with Crippen molar-refractivity contribution in [2.75, 3.05) is 13.2 Å². The fourth-order valence-corrected chi connectivity index (χ4v) is 1.47. The molecule has 4 nitrogen and oxygen atoms in total. The van der Waals surface area contributed by atoms with E-state index in [9.17, 15) is 4.79 Å². The van der Waals surface area contributed by atoms with E-state index in [0.29, 0.717) is 5.90 Å². The molecule has 4 heteroatoms. The molecule has 0 bridgehead atoms. The number of nitrogens with zero attached hydrogens (tertiary/aromatic N) is 1. The molecule has 1 aliphatic rings. The predicted octanol–water partition coefficient (Wildman–Crippen LogP) is 1.56. The Morgan fingerprint density at radius 1 is 1.53 bits per heavy atom. The molecule has 2 rings (SSSR count). The predicted molar refractivity (Wildman–Crippen MR) is 63.9 cm³/mol. The van der Waals surface area contributed by atoms with E-state index < -0.39 is 6.04 Å². The molecule has 0 saturated carbocycles. The molecular weight excluding hydrogens is 218 g/mol. The number of benzene rings is 1. The topological polar surface area (TPSA) is 47.9 Å². The second kappa shape index (κ2) is 5.30. The van der Waals surface area contributed by atoms with Crippen molar-refractivity contribution in [2.45, 2.75) is 6.04 Å². The highest BCUT2D eigenvalue weighted by molar-refractivity contribution is 5.97. The highest BCUT2D eigenvalue weighted by atomic mass is 16.5. The van der Waals surface area contributed by atoms with Gasteiger partial charge in [-0.25, -0.2) is 9.79 Å². The summed E-state index contributed by atoms with van der Waals surface area (Å²) in [6.07, 6.45) is 1.52. The van der Waals surface area contributed by atoms with E-state index in [1.54, 1.807) is 0 Å². The van der Waals surface area contributed by atoms with E-state index in [4.69, 9.17) is 9.47 Å². The number of hydrogen-bond donors (Lipinski definition) is 0. The highest BCUT2D eigenvalue weighted by Crippen LogP contribution is 2.12. The largest absolute Gasteiger partial charge is 0.475 e. The third-order valence-corrected chi connectivity index (χ3v) is 2.29. The van der Waals surface area contributed by atoms with Gasteiger partial charge >= 0.3 is 5.97 Å². The third kappa shape index (κ3) is 2.72. The second-order valence-electron chi connectivity index (χ2n) is 3.55. The molecule has 0 aliphatic carbocycles. The van der Waals surface area contributed by atoms with Gasteiger partial charge in [-0.15, -0.1) is 0 Å². The number of ether oxygens (including phenoxy) is 2. The van der Waals surface area contributed by atoms with Crippen LogP contribution in [0.25, 0.3) is 0 Å². The Morgan fingerprint density at radius 3 is 3.00 bits per heavy atom. The molecule has 0 N–H and O–H groups in total. The van der Waals surface area contributed by atoms with Crippen molar-refractivity contribution in [3.8, 4) is 0 Å². The Labute approximate surface area is 99.6 Å². The van der Waals surface area contributed by atoms with Crippen molar-refractivity contribution in [1.82, 2.24) is 0 Å². The molecule has 1 aliphatic heterocycles. The lowest BCUT2D eigenvalue weighted by atomic mass is 10.2. The molecule has 0 radical (unpaired) electrons. The molecule has 1 atom stereocenters. The molecule has 0 saturated heterocycles. The molecule has 1 aromatic carbocycles. The summed E-state index contributed by atoms with van der Waals surface area (Å²) in [6, 6.07) is 8.90. The summed E-state index contributed by atoms with van der Waals surface area (Å²) >= 11 is 0. The van der Waals surface area contributed by atoms with Crippen LogP contribution in [0.5, 0.6) is 0 Å². The second-order valence-corrected chi connectivity index (χ2v) is 3.55. The molecule has 1 aromatic rings. The van der Waals surface area contributed by atoms with Crippen molar-refractivity contribution in [3.63, 3.8) is 0 Å². The van der Waals surface area contributed by atoms with Crippen LogP contribution in [0.4, 0.5) is 0 Å². The van der Waals surface area contributed by atoms with Gasteiger partial charge in [0.05, 0.1) is 0 Å². The number of carbonyl (C=O) groups is 1. The fourth-order valence-electron chi connectivity index (χ4n) is 1.47. The average Bonchev–Trinajstić information content (AvgIpc) is 2.86. The van der Waals surface area contributed by atoms with Crippen molar-refractivity contribution in [1.29, 1.82) is 0 Å². The van der Waals surface area contributed by atoms with Crippen LogP contribution in [0.3, 0.4) is 0 Å². The summed E-state index contributed by atoms with van der Waals surface area (Å²) in [6.45, 7) is 3.91. The standard InChI is InChI=1S/C13H13NO3/c1-2-8-16-13(15)11-9-17-12(14-11)10-6-4-3-5-7-10/h2-7,11H,1,8-9H2. The smallest absolute Gasteiger partial charge is 0.334 e. The van der Waals surface area contributed by atoms with E-state index in [-0.39, 0.29) is 19.2 Å². The highest BCUT2D eigenvalue weighted by Gasteiger charge is 2.27. The molecule has 1 heterocycles. The minimum absolute atomic E-state index is 0.200. The summed E-state index contributed by atoms with van der Waals surface area (Å²) < 4.78 is 10.3. The lowest BCUT2D eigenvalue weighted by molar-refractivity contribution is -0.144. The van der Waals surface area contributed by atoms with Crippen LogP contribution in [0, 0.1) is 0 Å². The van der Waals surface area contributed by atoms with Crippen molar-refractivity contribution < 1.29 is 14.3 Å². The Balaban J connectivity index is 2.04. The zero-order valence-corrected chi connectivity index (χ0v) is 9.33. The quantitative estimate of drug-likeness (QED) is 0.583. The van der Waals surface area contributed by atoms with Crippen LogP contribution in [0.1, 0.15) is 5.56 Å². The summed E-state index contributed by atoms with van der Waals surface area (Å²) in [7, 11) is 0. The Hall–Kier alpha value is -2.10. The van der Waals surface area contributed by atoms with Gasteiger partial charge in [-0.1, -0.05) is 30.9 Å². The van der Waals surface area contributed by atoms with Crippen LogP contribution < -0.4 is 0 Å². The Kier molecular flexibility index (Phi) is 3.55. The first-order valence-electron chi connectivity index (χ1n) is 5.35.